The standard InChI is InChI=1S/C15H26N4/c1-6-7-16-14-11(3)15(18-12(4)17-14)19(5)9-13-8-10(13)2/h10,13H,6-9H2,1-5H3,(H,16,17,18). The highest BCUT2D eigenvalue weighted by Crippen LogP contribution is 2.39. The number of nitrogens with zero attached hydrogens (tertiary/aromatic N) is 3. The maximum Gasteiger partial charge on any atom is 0.137 e. The van der Waals surface area contributed by atoms with Gasteiger partial charge >= 0.3 is 0 Å². The maximum absolute atomic E-state index is 4.62. The van der Waals surface area contributed by atoms with Crippen molar-refractivity contribution in [1.29, 1.82) is 0 Å². The summed E-state index contributed by atoms with van der Waals surface area (Å²) >= 11 is 0. The van der Waals surface area contributed by atoms with Crippen molar-refractivity contribution in [3.63, 3.8) is 0 Å². The van der Waals surface area contributed by atoms with Crippen molar-refractivity contribution in [1.82, 2.24) is 9.97 Å². The van der Waals surface area contributed by atoms with Gasteiger partial charge in [-0.3, -0.25) is 0 Å². The summed E-state index contributed by atoms with van der Waals surface area (Å²) in [5.41, 5.74) is 1.16. The molecule has 0 aliphatic heterocycles. The van der Waals surface area contributed by atoms with Gasteiger partial charge in [-0.1, -0.05) is 13.8 Å². The Morgan fingerprint density at radius 2 is 2.00 bits per heavy atom. The molecule has 106 valence electrons. The molecule has 1 aliphatic carbocycles. The molecule has 2 atom stereocenters. The fraction of sp³-hybridized carbons (Fsp3) is 0.733. The van der Waals surface area contributed by atoms with Crippen LogP contribution in [-0.4, -0.2) is 30.1 Å². The smallest absolute Gasteiger partial charge is 0.137 e. The van der Waals surface area contributed by atoms with Gasteiger partial charge in [-0.05, 0) is 38.5 Å². The summed E-state index contributed by atoms with van der Waals surface area (Å²) in [6.07, 6.45) is 2.46. The van der Waals surface area contributed by atoms with E-state index in [1.54, 1.807) is 0 Å². The van der Waals surface area contributed by atoms with Crippen LogP contribution in [0.1, 0.15) is 38.1 Å². The zero-order valence-corrected chi connectivity index (χ0v) is 12.8. The highest BCUT2D eigenvalue weighted by Gasteiger charge is 2.33. The molecule has 0 bridgehead atoms. The van der Waals surface area contributed by atoms with Gasteiger partial charge in [0.25, 0.3) is 0 Å². The van der Waals surface area contributed by atoms with E-state index in [1.165, 1.54) is 6.42 Å². The summed E-state index contributed by atoms with van der Waals surface area (Å²) in [6, 6.07) is 0. The highest BCUT2D eigenvalue weighted by molar-refractivity contribution is 5.58. The molecule has 19 heavy (non-hydrogen) atoms. The largest absolute Gasteiger partial charge is 0.370 e. The van der Waals surface area contributed by atoms with E-state index in [2.05, 4.69) is 48.0 Å². The van der Waals surface area contributed by atoms with Crippen molar-refractivity contribution in [2.45, 2.75) is 40.5 Å². The van der Waals surface area contributed by atoms with E-state index in [0.717, 1.165) is 54.4 Å². The molecule has 1 N–H and O–H groups in total. The molecule has 4 nitrogen and oxygen atoms in total. The van der Waals surface area contributed by atoms with Crippen molar-refractivity contribution in [2.24, 2.45) is 11.8 Å². The first-order valence-corrected chi connectivity index (χ1v) is 7.33. The average Bonchev–Trinajstić information content (AvgIpc) is 3.05. The zero-order valence-electron chi connectivity index (χ0n) is 12.8. The highest BCUT2D eigenvalue weighted by atomic mass is 15.2. The first kappa shape index (κ1) is 14.1. The first-order valence-electron chi connectivity index (χ1n) is 7.33. The van der Waals surface area contributed by atoms with Crippen molar-refractivity contribution >= 4 is 11.6 Å². The second kappa shape index (κ2) is 5.76. The number of anilines is 2. The van der Waals surface area contributed by atoms with Crippen LogP contribution >= 0.6 is 0 Å². The molecule has 1 aromatic heterocycles. The Morgan fingerprint density at radius 3 is 2.58 bits per heavy atom. The number of hydrogen-bond donors (Lipinski definition) is 1. The number of rotatable bonds is 6. The van der Waals surface area contributed by atoms with Crippen LogP contribution in [0.5, 0.6) is 0 Å². The van der Waals surface area contributed by atoms with Crippen LogP contribution in [0.15, 0.2) is 0 Å². The molecule has 1 heterocycles. The summed E-state index contributed by atoms with van der Waals surface area (Å²) in [4.78, 5) is 11.4. The Balaban J connectivity index is 2.16. The van der Waals surface area contributed by atoms with Gasteiger partial charge in [0.05, 0.1) is 0 Å². The molecule has 0 amide bonds. The second-order valence-electron chi connectivity index (χ2n) is 5.85. The SMILES string of the molecule is CCCNc1nc(C)nc(N(C)CC2CC2C)c1C. The van der Waals surface area contributed by atoms with E-state index < -0.39 is 0 Å². The van der Waals surface area contributed by atoms with Gasteiger partial charge < -0.3 is 10.2 Å². The summed E-state index contributed by atoms with van der Waals surface area (Å²) < 4.78 is 0. The maximum atomic E-state index is 4.62. The first-order chi connectivity index (χ1) is 9.02. The monoisotopic (exact) mass is 262 g/mol. The van der Waals surface area contributed by atoms with Crippen LogP contribution in [0.4, 0.5) is 11.6 Å². The third-order valence-corrected chi connectivity index (χ3v) is 3.92. The minimum Gasteiger partial charge on any atom is -0.370 e. The van der Waals surface area contributed by atoms with E-state index in [9.17, 15) is 0 Å². The van der Waals surface area contributed by atoms with Crippen molar-refractivity contribution in [3.8, 4) is 0 Å². The number of nitrogens with one attached hydrogen (secondary N) is 1. The quantitative estimate of drug-likeness (QED) is 0.855. The van der Waals surface area contributed by atoms with Crippen LogP contribution in [0.25, 0.3) is 0 Å². The molecule has 1 aromatic rings. The molecule has 2 unspecified atom stereocenters. The van der Waals surface area contributed by atoms with Gasteiger partial charge in [-0.2, -0.15) is 0 Å². The molecule has 0 aromatic carbocycles. The Kier molecular flexibility index (Phi) is 4.27. The lowest BCUT2D eigenvalue weighted by Gasteiger charge is -2.22. The molecule has 0 spiro atoms. The van der Waals surface area contributed by atoms with Crippen LogP contribution in [0.3, 0.4) is 0 Å². The van der Waals surface area contributed by atoms with Gasteiger partial charge in [-0.15, -0.1) is 0 Å². The van der Waals surface area contributed by atoms with E-state index in [1.807, 2.05) is 6.92 Å². The van der Waals surface area contributed by atoms with Gasteiger partial charge in [0.1, 0.15) is 17.5 Å². The van der Waals surface area contributed by atoms with Gasteiger partial charge in [0.15, 0.2) is 0 Å². The van der Waals surface area contributed by atoms with Crippen LogP contribution < -0.4 is 10.2 Å². The third kappa shape index (κ3) is 3.37. The lowest BCUT2D eigenvalue weighted by Crippen LogP contribution is -2.24. The van der Waals surface area contributed by atoms with Crippen molar-refractivity contribution in [3.05, 3.63) is 11.4 Å². The predicted octanol–water partition coefficient (Wildman–Crippen LogP) is 3.01. The third-order valence-electron chi connectivity index (χ3n) is 3.92. The van der Waals surface area contributed by atoms with Crippen molar-refractivity contribution in [2.75, 3.05) is 30.4 Å². The van der Waals surface area contributed by atoms with Gasteiger partial charge in [0, 0.05) is 25.7 Å². The van der Waals surface area contributed by atoms with E-state index >= 15 is 0 Å². The molecule has 0 radical (unpaired) electrons. The number of hydrogen-bond acceptors (Lipinski definition) is 4. The molecule has 1 saturated carbocycles. The number of aromatic nitrogens is 2. The molecular formula is C15H26N4. The predicted molar refractivity (Wildman–Crippen MR) is 80.8 cm³/mol. The van der Waals surface area contributed by atoms with Gasteiger partial charge in [-0.25, -0.2) is 9.97 Å². The van der Waals surface area contributed by atoms with Gasteiger partial charge in [0.2, 0.25) is 0 Å². The van der Waals surface area contributed by atoms with Crippen LogP contribution in [-0.2, 0) is 0 Å². The Bertz CT molecular complexity index is 444. The average molecular weight is 262 g/mol. The molecule has 2 rings (SSSR count). The molecule has 4 heteroatoms. The lowest BCUT2D eigenvalue weighted by atomic mass is 10.2. The minimum atomic E-state index is 0.840. The zero-order chi connectivity index (χ0) is 14.0. The van der Waals surface area contributed by atoms with E-state index in [4.69, 9.17) is 0 Å². The van der Waals surface area contributed by atoms with Crippen LogP contribution in [0, 0.1) is 25.7 Å². The summed E-state index contributed by atoms with van der Waals surface area (Å²) in [7, 11) is 2.14. The summed E-state index contributed by atoms with van der Waals surface area (Å²) in [6.45, 7) is 10.6. The fourth-order valence-electron chi connectivity index (χ4n) is 2.49. The summed E-state index contributed by atoms with van der Waals surface area (Å²) in [5.74, 6) is 4.62. The molecular weight excluding hydrogens is 236 g/mol. The Hall–Kier alpha value is -1.32. The minimum absolute atomic E-state index is 0.840. The van der Waals surface area contributed by atoms with E-state index in [-0.39, 0.29) is 0 Å². The fourth-order valence-corrected chi connectivity index (χ4v) is 2.49. The topological polar surface area (TPSA) is 41.1 Å². The molecule has 1 aliphatic rings. The lowest BCUT2D eigenvalue weighted by molar-refractivity contribution is 0.715. The second-order valence-corrected chi connectivity index (χ2v) is 5.85. The Morgan fingerprint density at radius 1 is 1.32 bits per heavy atom. The number of aryl methyl sites for hydroxylation is 1. The van der Waals surface area contributed by atoms with Crippen molar-refractivity contribution < 1.29 is 0 Å². The molecule has 1 fully saturated rings. The molecule has 0 saturated heterocycles. The Labute approximate surface area is 116 Å². The van der Waals surface area contributed by atoms with E-state index in [0.29, 0.717) is 0 Å². The normalized spacial score (nSPS) is 21.3. The summed E-state index contributed by atoms with van der Waals surface area (Å²) in [5, 5.41) is 3.40. The van der Waals surface area contributed by atoms with Crippen LogP contribution in [0.2, 0.25) is 0 Å².